The summed E-state index contributed by atoms with van der Waals surface area (Å²) < 4.78 is 4.94. The van der Waals surface area contributed by atoms with Crippen LogP contribution in [-0.4, -0.2) is 36.6 Å². The van der Waals surface area contributed by atoms with Gasteiger partial charge in [-0.1, -0.05) is 18.2 Å². The number of ether oxygens (including phenoxy) is 1. The van der Waals surface area contributed by atoms with E-state index in [1.54, 1.807) is 6.07 Å². The Labute approximate surface area is 109 Å². The molecular formula is C13H15N3O3. The molecule has 0 radical (unpaired) electrons. The van der Waals surface area contributed by atoms with E-state index in [-0.39, 0.29) is 19.1 Å². The summed E-state index contributed by atoms with van der Waals surface area (Å²) in [5.74, 6) is -0.735. The smallest absolute Gasteiger partial charge is 0.267 e. The fraction of sp³-hybridized carbons (Fsp3) is 0.231. The number of hydrogen-bond donors (Lipinski definition) is 3. The number of nitrogens with one attached hydrogen (secondary N) is 2. The molecule has 2 amide bonds. The van der Waals surface area contributed by atoms with E-state index in [0.717, 1.165) is 10.9 Å². The van der Waals surface area contributed by atoms with E-state index in [1.165, 1.54) is 0 Å². The SMILES string of the molecule is NC(=O)COCCNC(=O)c1cc2ccccc2[nH]1. The van der Waals surface area contributed by atoms with E-state index in [4.69, 9.17) is 10.5 Å². The lowest BCUT2D eigenvalue weighted by molar-refractivity contribution is -0.122. The molecule has 6 heteroatoms. The minimum atomic E-state index is -0.526. The molecule has 2 aromatic rings. The second kappa shape index (κ2) is 6.01. The first-order valence-corrected chi connectivity index (χ1v) is 5.89. The zero-order valence-electron chi connectivity index (χ0n) is 10.3. The number of carbonyl (C=O) groups is 2. The Kier molecular flexibility index (Phi) is 4.15. The van der Waals surface area contributed by atoms with Gasteiger partial charge >= 0.3 is 0 Å². The molecule has 0 aliphatic heterocycles. The first-order valence-electron chi connectivity index (χ1n) is 5.89. The molecule has 6 nitrogen and oxygen atoms in total. The zero-order chi connectivity index (χ0) is 13.7. The van der Waals surface area contributed by atoms with Crippen molar-refractivity contribution < 1.29 is 14.3 Å². The van der Waals surface area contributed by atoms with Gasteiger partial charge in [0.15, 0.2) is 0 Å². The molecule has 19 heavy (non-hydrogen) atoms. The van der Waals surface area contributed by atoms with E-state index in [2.05, 4.69) is 10.3 Å². The maximum Gasteiger partial charge on any atom is 0.267 e. The van der Waals surface area contributed by atoms with Crippen LogP contribution in [0.1, 0.15) is 10.5 Å². The molecule has 0 fully saturated rings. The van der Waals surface area contributed by atoms with Gasteiger partial charge in [-0.25, -0.2) is 0 Å². The molecule has 0 saturated carbocycles. The van der Waals surface area contributed by atoms with Crippen LogP contribution in [0.25, 0.3) is 10.9 Å². The second-order valence-corrected chi connectivity index (χ2v) is 4.05. The summed E-state index contributed by atoms with van der Waals surface area (Å²) in [6.45, 7) is 0.429. The van der Waals surface area contributed by atoms with Gasteiger partial charge in [0.2, 0.25) is 5.91 Å². The number of benzene rings is 1. The Morgan fingerprint density at radius 1 is 1.32 bits per heavy atom. The van der Waals surface area contributed by atoms with Gasteiger partial charge in [0.25, 0.3) is 5.91 Å². The summed E-state index contributed by atoms with van der Waals surface area (Å²) in [6, 6.07) is 9.43. The molecular weight excluding hydrogens is 246 g/mol. The number of fused-ring (bicyclic) bond motifs is 1. The van der Waals surface area contributed by atoms with Crippen LogP contribution in [0.3, 0.4) is 0 Å². The van der Waals surface area contributed by atoms with Crippen LogP contribution in [0.4, 0.5) is 0 Å². The van der Waals surface area contributed by atoms with Crippen molar-refractivity contribution in [3.8, 4) is 0 Å². The summed E-state index contributed by atoms with van der Waals surface area (Å²) in [4.78, 5) is 25.3. The number of carbonyl (C=O) groups excluding carboxylic acids is 2. The standard InChI is InChI=1S/C13H15N3O3/c14-12(17)8-19-6-5-15-13(18)11-7-9-3-1-2-4-10(9)16-11/h1-4,7,16H,5-6,8H2,(H2,14,17)(H,15,18). The number of primary amides is 1. The predicted molar refractivity (Wildman–Crippen MR) is 70.6 cm³/mol. The maximum atomic E-state index is 11.8. The fourth-order valence-corrected chi connectivity index (χ4v) is 1.70. The molecule has 2 rings (SSSR count). The molecule has 1 heterocycles. The van der Waals surface area contributed by atoms with Gasteiger partial charge in [0, 0.05) is 17.4 Å². The third-order valence-electron chi connectivity index (χ3n) is 2.55. The molecule has 0 bridgehead atoms. The van der Waals surface area contributed by atoms with Crippen molar-refractivity contribution >= 4 is 22.7 Å². The third-order valence-corrected chi connectivity index (χ3v) is 2.55. The van der Waals surface area contributed by atoms with Crippen molar-refractivity contribution in [1.29, 1.82) is 0 Å². The number of H-pyrrole nitrogens is 1. The summed E-state index contributed by atoms with van der Waals surface area (Å²) in [6.07, 6.45) is 0. The lowest BCUT2D eigenvalue weighted by Gasteiger charge is -2.03. The monoisotopic (exact) mass is 261 g/mol. The van der Waals surface area contributed by atoms with Crippen molar-refractivity contribution in [3.63, 3.8) is 0 Å². The quantitative estimate of drug-likeness (QED) is 0.656. The zero-order valence-corrected chi connectivity index (χ0v) is 10.3. The number of aromatic amines is 1. The van der Waals surface area contributed by atoms with Crippen molar-refractivity contribution in [2.45, 2.75) is 0 Å². The van der Waals surface area contributed by atoms with Gasteiger partial charge in [0.05, 0.1) is 6.61 Å². The number of para-hydroxylation sites is 1. The first-order chi connectivity index (χ1) is 9.16. The maximum absolute atomic E-state index is 11.8. The molecule has 0 atom stereocenters. The molecule has 4 N–H and O–H groups in total. The number of aromatic nitrogens is 1. The number of nitrogens with two attached hydrogens (primary N) is 1. The first kappa shape index (κ1) is 13.1. The highest BCUT2D eigenvalue weighted by Gasteiger charge is 2.08. The normalized spacial score (nSPS) is 10.5. The van der Waals surface area contributed by atoms with Crippen LogP contribution in [0.5, 0.6) is 0 Å². The Bertz CT molecular complexity index is 559. The Balaban J connectivity index is 1.84. The third kappa shape index (κ3) is 3.56. The van der Waals surface area contributed by atoms with Gasteiger partial charge in [-0.15, -0.1) is 0 Å². The van der Waals surface area contributed by atoms with Crippen LogP contribution < -0.4 is 11.1 Å². The van der Waals surface area contributed by atoms with Crippen molar-refractivity contribution in [1.82, 2.24) is 10.3 Å². The average molecular weight is 261 g/mol. The van der Waals surface area contributed by atoms with E-state index >= 15 is 0 Å². The summed E-state index contributed by atoms with van der Waals surface area (Å²) in [5.41, 5.74) is 6.32. The minimum absolute atomic E-state index is 0.137. The van der Waals surface area contributed by atoms with E-state index in [9.17, 15) is 9.59 Å². The van der Waals surface area contributed by atoms with Gasteiger partial charge in [-0.2, -0.15) is 0 Å². The lowest BCUT2D eigenvalue weighted by Crippen LogP contribution is -2.29. The number of amides is 2. The Hall–Kier alpha value is -2.34. The molecule has 1 aromatic carbocycles. The van der Waals surface area contributed by atoms with Crippen molar-refractivity contribution in [2.24, 2.45) is 5.73 Å². The Morgan fingerprint density at radius 2 is 2.11 bits per heavy atom. The molecule has 0 aliphatic carbocycles. The predicted octanol–water partition coefficient (Wildman–Crippen LogP) is 0.400. The van der Waals surface area contributed by atoms with Crippen molar-refractivity contribution in [2.75, 3.05) is 19.8 Å². The topological polar surface area (TPSA) is 97.2 Å². The van der Waals surface area contributed by atoms with Crippen LogP contribution in [0.15, 0.2) is 30.3 Å². The highest BCUT2D eigenvalue weighted by Crippen LogP contribution is 2.14. The summed E-state index contributed by atoms with van der Waals surface area (Å²) in [7, 11) is 0. The van der Waals surface area contributed by atoms with Gasteiger partial charge < -0.3 is 20.8 Å². The summed E-state index contributed by atoms with van der Waals surface area (Å²) in [5, 5.41) is 3.67. The lowest BCUT2D eigenvalue weighted by atomic mass is 10.2. The average Bonchev–Trinajstić information content (AvgIpc) is 2.81. The molecule has 0 aliphatic rings. The van der Waals surface area contributed by atoms with Crippen LogP contribution in [0, 0.1) is 0 Å². The van der Waals surface area contributed by atoms with Crippen LogP contribution in [-0.2, 0) is 9.53 Å². The summed E-state index contributed by atoms with van der Waals surface area (Å²) >= 11 is 0. The number of rotatable bonds is 6. The molecule has 0 saturated heterocycles. The minimum Gasteiger partial charge on any atom is -0.370 e. The van der Waals surface area contributed by atoms with E-state index in [0.29, 0.717) is 12.2 Å². The fourth-order valence-electron chi connectivity index (χ4n) is 1.70. The Morgan fingerprint density at radius 3 is 2.84 bits per heavy atom. The highest BCUT2D eigenvalue weighted by atomic mass is 16.5. The van der Waals surface area contributed by atoms with Gasteiger partial charge in [0.1, 0.15) is 12.3 Å². The van der Waals surface area contributed by atoms with Crippen LogP contribution >= 0.6 is 0 Å². The number of hydrogen-bond acceptors (Lipinski definition) is 3. The molecule has 0 spiro atoms. The van der Waals surface area contributed by atoms with Crippen LogP contribution in [0.2, 0.25) is 0 Å². The van der Waals surface area contributed by atoms with E-state index < -0.39 is 5.91 Å². The molecule has 0 unspecified atom stereocenters. The van der Waals surface area contributed by atoms with Gasteiger partial charge in [-0.3, -0.25) is 9.59 Å². The van der Waals surface area contributed by atoms with Crippen molar-refractivity contribution in [3.05, 3.63) is 36.0 Å². The largest absolute Gasteiger partial charge is 0.370 e. The molecule has 100 valence electrons. The van der Waals surface area contributed by atoms with E-state index in [1.807, 2.05) is 24.3 Å². The molecule has 1 aromatic heterocycles. The van der Waals surface area contributed by atoms with Gasteiger partial charge in [-0.05, 0) is 12.1 Å². The second-order valence-electron chi connectivity index (χ2n) is 4.05. The highest BCUT2D eigenvalue weighted by molar-refractivity contribution is 5.97.